The molecule has 1 saturated heterocycles. The van der Waals surface area contributed by atoms with Gasteiger partial charge in [-0.2, -0.15) is 0 Å². The molecule has 80 valence electrons. The van der Waals surface area contributed by atoms with Gasteiger partial charge in [0.05, 0.1) is 6.54 Å². The maximum atomic E-state index is 11.7. The minimum atomic E-state index is -0.139. The molecule has 4 nitrogen and oxygen atoms in total. The Morgan fingerprint density at radius 2 is 1.86 bits per heavy atom. The van der Waals surface area contributed by atoms with Gasteiger partial charge in [-0.15, -0.1) is 0 Å². The fourth-order valence-electron chi connectivity index (χ4n) is 1.65. The van der Waals surface area contributed by atoms with E-state index >= 15 is 0 Å². The lowest BCUT2D eigenvalue weighted by Crippen LogP contribution is -2.57. The number of carbonyl (C=O) groups excluding carboxylic acids is 2. The standard InChI is InChI=1S/C10H18N2O2/c1-8(13)11-5-6-12(9(14)7-11)10(2,3)4/h5-7H2,1-4H3. The van der Waals surface area contributed by atoms with Gasteiger partial charge >= 0.3 is 0 Å². The lowest BCUT2D eigenvalue weighted by Gasteiger charge is -2.41. The molecule has 0 spiro atoms. The highest BCUT2D eigenvalue weighted by Gasteiger charge is 2.32. The lowest BCUT2D eigenvalue weighted by molar-refractivity contribution is -0.148. The SMILES string of the molecule is CC(=O)N1CCN(C(C)(C)C)C(=O)C1. The van der Waals surface area contributed by atoms with Crippen LogP contribution in [0, 0.1) is 0 Å². The molecule has 0 saturated carbocycles. The summed E-state index contributed by atoms with van der Waals surface area (Å²) in [5.74, 6) is 0.0193. The van der Waals surface area contributed by atoms with E-state index < -0.39 is 0 Å². The smallest absolute Gasteiger partial charge is 0.242 e. The van der Waals surface area contributed by atoms with Crippen molar-refractivity contribution in [3.8, 4) is 0 Å². The molecule has 0 unspecified atom stereocenters. The monoisotopic (exact) mass is 198 g/mol. The Labute approximate surface area is 84.9 Å². The minimum absolute atomic E-state index is 0.0214. The average molecular weight is 198 g/mol. The van der Waals surface area contributed by atoms with Crippen LogP contribution in [0.25, 0.3) is 0 Å². The third-order valence-corrected chi connectivity index (χ3v) is 2.48. The molecule has 0 aromatic carbocycles. The van der Waals surface area contributed by atoms with Gasteiger partial charge in [0.25, 0.3) is 0 Å². The number of carbonyl (C=O) groups is 2. The summed E-state index contributed by atoms with van der Waals surface area (Å²) in [6, 6.07) is 0. The summed E-state index contributed by atoms with van der Waals surface area (Å²) in [4.78, 5) is 26.2. The fraction of sp³-hybridized carbons (Fsp3) is 0.800. The van der Waals surface area contributed by atoms with Gasteiger partial charge in [-0.1, -0.05) is 0 Å². The Kier molecular flexibility index (Phi) is 2.83. The number of hydrogen-bond acceptors (Lipinski definition) is 2. The van der Waals surface area contributed by atoms with E-state index in [1.165, 1.54) is 6.92 Å². The summed E-state index contributed by atoms with van der Waals surface area (Å²) in [7, 11) is 0. The second kappa shape index (κ2) is 3.59. The van der Waals surface area contributed by atoms with E-state index in [4.69, 9.17) is 0 Å². The number of hydrogen-bond donors (Lipinski definition) is 0. The fourth-order valence-corrected chi connectivity index (χ4v) is 1.65. The first-order chi connectivity index (χ1) is 6.32. The van der Waals surface area contributed by atoms with E-state index in [1.807, 2.05) is 25.7 Å². The number of piperazine rings is 1. The van der Waals surface area contributed by atoms with Crippen molar-refractivity contribution in [2.75, 3.05) is 19.6 Å². The molecule has 0 bridgehead atoms. The number of amides is 2. The molecule has 1 rings (SSSR count). The second-order valence-corrected chi connectivity index (χ2v) is 4.66. The van der Waals surface area contributed by atoms with Crippen LogP contribution in [0.15, 0.2) is 0 Å². The maximum absolute atomic E-state index is 11.7. The molecular weight excluding hydrogens is 180 g/mol. The van der Waals surface area contributed by atoms with Gasteiger partial charge in [-0.05, 0) is 20.8 Å². The van der Waals surface area contributed by atoms with E-state index in [-0.39, 0.29) is 23.9 Å². The molecular formula is C10H18N2O2. The van der Waals surface area contributed by atoms with Gasteiger partial charge in [0.15, 0.2) is 0 Å². The highest BCUT2D eigenvalue weighted by molar-refractivity contribution is 5.85. The van der Waals surface area contributed by atoms with Crippen molar-refractivity contribution in [2.45, 2.75) is 33.2 Å². The van der Waals surface area contributed by atoms with Gasteiger partial charge < -0.3 is 9.80 Å². The van der Waals surface area contributed by atoms with Crippen LogP contribution in [0.1, 0.15) is 27.7 Å². The Bertz CT molecular complexity index is 255. The zero-order valence-electron chi connectivity index (χ0n) is 9.33. The Morgan fingerprint density at radius 1 is 1.29 bits per heavy atom. The third-order valence-electron chi connectivity index (χ3n) is 2.48. The topological polar surface area (TPSA) is 40.6 Å². The van der Waals surface area contributed by atoms with Crippen molar-refractivity contribution >= 4 is 11.8 Å². The van der Waals surface area contributed by atoms with Crippen LogP contribution in [0.3, 0.4) is 0 Å². The van der Waals surface area contributed by atoms with Crippen LogP contribution in [0.4, 0.5) is 0 Å². The molecule has 0 N–H and O–H groups in total. The molecule has 2 amide bonds. The summed E-state index contributed by atoms with van der Waals surface area (Å²) in [6.45, 7) is 9.05. The molecule has 0 aromatic rings. The maximum Gasteiger partial charge on any atom is 0.242 e. The largest absolute Gasteiger partial charge is 0.335 e. The van der Waals surface area contributed by atoms with Gasteiger partial charge in [0.1, 0.15) is 0 Å². The van der Waals surface area contributed by atoms with Crippen molar-refractivity contribution < 1.29 is 9.59 Å². The zero-order valence-corrected chi connectivity index (χ0v) is 9.33. The van der Waals surface area contributed by atoms with Crippen molar-refractivity contribution in [1.82, 2.24) is 9.80 Å². The Hall–Kier alpha value is -1.06. The highest BCUT2D eigenvalue weighted by Crippen LogP contribution is 2.16. The summed E-state index contributed by atoms with van der Waals surface area (Å²) in [5.41, 5.74) is -0.139. The van der Waals surface area contributed by atoms with Crippen LogP contribution >= 0.6 is 0 Å². The first-order valence-electron chi connectivity index (χ1n) is 4.88. The first kappa shape index (κ1) is 11.0. The molecule has 1 aliphatic heterocycles. The molecule has 0 radical (unpaired) electrons. The van der Waals surface area contributed by atoms with Crippen LogP contribution < -0.4 is 0 Å². The van der Waals surface area contributed by atoms with Crippen LogP contribution in [0.5, 0.6) is 0 Å². The third kappa shape index (κ3) is 2.25. The Morgan fingerprint density at radius 3 is 2.21 bits per heavy atom. The molecule has 1 aliphatic rings. The number of nitrogens with zero attached hydrogens (tertiary/aromatic N) is 2. The lowest BCUT2D eigenvalue weighted by atomic mass is 10.0. The van der Waals surface area contributed by atoms with Crippen molar-refractivity contribution in [2.24, 2.45) is 0 Å². The molecule has 0 aliphatic carbocycles. The van der Waals surface area contributed by atoms with Crippen LogP contribution in [-0.4, -0.2) is 46.8 Å². The van der Waals surface area contributed by atoms with E-state index in [0.29, 0.717) is 13.1 Å². The van der Waals surface area contributed by atoms with Crippen LogP contribution in [0.2, 0.25) is 0 Å². The van der Waals surface area contributed by atoms with Crippen molar-refractivity contribution in [3.05, 3.63) is 0 Å². The van der Waals surface area contributed by atoms with Crippen molar-refractivity contribution in [3.63, 3.8) is 0 Å². The Balaban J connectivity index is 2.66. The summed E-state index contributed by atoms with van der Waals surface area (Å²) >= 11 is 0. The summed E-state index contributed by atoms with van der Waals surface area (Å²) in [5, 5.41) is 0. The first-order valence-corrected chi connectivity index (χ1v) is 4.88. The summed E-state index contributed by atoms with van der Waals surface area (Å²) < 4.78 is 0. The quantitative estimate of drug-likeness (QED) is 0.568. The predicted octanol–water partition coefficient (Wildman–Crippen LogP) is 0.476. The van der Waals surface area contributed by atoms with E-state index in [1.54, 1.807) is 4.90 Å². The normalized spacial score (nSPS) is 18.7. The molecule has 0 aromatic heterocycles. The van der Waals surface area contributed by atoms with E-state index in [2.05, 4.69) is 0 Å². The van der Waals surface area contributed by atoms with Crippen molar-refractivity contribution in [1.29, 1.82) is 0 Å². The molecule has 1 fully saturated rings. The molecule has 1 heterocycles. The van der Waals surface area contributed by atoms with Gasteiger partial charge in [-0.25, -0.2) is 0 Å². The second-order valence-electron chi connectivity index (χ2n) is 4.66. The highest BCUT2D eigenvalue weighted by atomic mass is 16.2. The molecule has 0 atom stereocenters. The van der Waals surface area contributed by atoms with E-state index in [9.17, 15) is 9.59 Å². The van der Waals surface area contributed by atoms with Gasteiger partial charge in [-0.3, -0.25) is 9.59 Å². The van der Waals surface area contributed by atoms with Gasteiger partial charge in [0.2, 0.25) is 11.8 Å². The molecule has 14 heavy (non-hydrogen) atoms. The van der Waals surface area contributed by atoms with Crippen LogP contribution in [-0.2, 0) is 9.59 Å². The zero-order chi connectivity index (χ0) is 10.9. The average Bonchev–Trinajstić information content (AvgIpc) is 2.01. The predicted molar refractivity (Wildman–Crippen MR) is 53.7 cm³/mol. The minimum Gasteiger partial charge on any atom is -0.335 e. The van der Waals surface area contributed by atoms with E-state index in [0.717, 1.165) is 0 Å². The molecule has 4 heteroatoms. The van der Waals surface area contributed by atoms with Gasteiger partial charge in [0, 0.05) is 25.6 Å². The summed E-state index contributed by atoms with van der Waals surface area (Å²) in [6.07, 6.45) is 0. The number of rotatable bonds is 0.